The Hall–Kier alpha value is -1.70. The number of nitrogens with zero attached hydrogens (tertiary/aromatic N) is 3. The minimum atomic E-state index is -0.868. The van der Waals surface area contributed by atoms with Gasteiger partial charge in [-0.2, -0.15) is 0 Å². The molecule has 118 valence electrons. The quantitative estimate of drug-likeness (QED) is 0.934. The fraction of sp³-hybridized carbons (Fsp3) is 0.467. The lowest BCUT2D eigenvalue weighted by atomic mass is 10.1. The van der Waals surface area contributed by atoms with E-state index in [9.17, 15) is 9.90 Å². The molecule has 2 aromatic heterocycles. The van der Waals surface area contributed by atoms with E-state index in [0.717, 1.165) is 18.0 Å². The normalized spacial score (nSPS) is 17.7. The Labute approximate surface area is 132 Å². The molecule has 1 amide bonds. The zero-order valence-corrected chi connectivity index (χ0v) is 13.5. The fourth-order valence-electron chi connectivity index (χ4n) is 2.54. The van der Waals surface area contributed by atoms with Crippen LogP contribution in [-0.2, 0) is 0 Å². The molecule has 0 bridgehead atoms. The summed E-state index contributed by atoms with van der Waals surface area (Å²) in [5.41, 5.74) is 0.914. The summed E-state index contributed by atoms with van der Waals surface area (Å²) in [5.74, 6) is 0.126. The van der Waals surface area contributed by atoms with Gasteiger partial charge in [0.25, 0.3) is 5.91 Å². The molecule has 1 aliphatic heterocycles. The molecule has 0 saturated carbocycles. The molecule has 3 heterocycles. The second kappa shape index (κ2) is 6.20. The van der Waals surface area contributed by atoms with Crippen LogP contribution in [0.4, 0.5) is 0 Å². The zero-order chi connectivity index (χ0) is 15.7. The Morgan fingerprint density at radius 2 is 2.14 bits per heavy atom. The summed E-state index contributed by atoms with van der Waals surface area (Å²) in [6.07, 6.45) is -0.868. The van der Waals surface area contributed by atoms with Crippen LogP contribution in [0.2, 0.25) is 0 Å². The van der Waals surface area contributed by atoms with Crippen molar-refractivity contribution in [2.75, 3.05) is 33.2 Å². The SMILES string of the molecule is C[C@H](O)c1onc(-c2cccs2)c1C(=O)N1CCN(C)CC1. The maximum Gasteiger partial charge on any atom is 0.259 e. The first-order valence-electron chi connectivity index (χ1n) is 7.27. The number of hydrogen-bond acceptors (Lipinski definition) is 6. The van der Waals surface area contributed by atoms with E-state index in [1.807, 2.05) is 24.6 Å². The highest BCUT2D eigenvalue weighted by Crippen LogP contribution is 2.32. The fourth-order valence-corrected chi connectivity index (χ4v) is 3.26. The van der Waals surface area contributed by atoms with Crippen LogP contribution in [0.5, 0.6) is 0 Å². The van der Waals surface area contributed by atoms with Crippen LogP contribution in [0.1, 0.15) is 29.1 Å². The van der Waals surface area contributed by atoms with Crippen molar-refractivity contribution < 1.29 is 14.4 Å². The molecule has 3 rings (SSSR count). The topological polar surface area (TPSA) is 69.8 Å². The second-order valence-corrected chi connectivity index (χ2v) is 6.47. The van der Waals surface area contributed by atoms with Gasteiger partial charge in [-0.3, -0.25) is 4.79 Å². The first kappa shape index (κ1) is 15.2. The lowest BCUT2D eigenvalue weighted by Gasteiger charge is -2.32. The van der Waals surface area contributed by atoms with Gasteiger partial charge < -0.3 is 19.4 Å². The van der Waals surface area contributed by atoms with Gasteiger partial charge in [0.1, 0.15) is 17.4 Å². The smallest absolute Gasteiger partial charge is 0.259 e. The standard InChI is InChI=1S/C15H19N3O3S/c1-10(19)14-12(13(16-21-14)11-4-3-9-22-11)15(20)18-7-5-17(2)6-8-18/h3-4,9-10,19H,5-8H2,1-2H3/t10-/m0/s1. The molecule has 1 N–H and O–H groups in total. The van der Waals surface area contributed by atoms with Crippen LogP contribution in [0.15, 0.2) is 22.0 Å². The third kappa shape index (κ3) is 2.79. The van der Waals surface area contributed by atoms with Crippen molar-refractivity contribution >= 4 is 17.2 Å². The number of piperazine rings is 1. The number of aliphatic hydroxyl groups is 1. The van der Waals surface area contributed by atoms with Crippen molar-refractivity contribution in [1.82, 2.24) is 15.0 Å². The van der Waals surface area contributed by atoms with Crippen LogP contribution in [0.3, 0.4) is 0 Å². The number of thiophene rings is 1. The first-order chi connectivity index (χ1) is 10.6. The Morgan fingerprint density at radius 3 is 2.73 bits per heavy atom. The van der Waals surface area contributed by atoms with Crippen LogP contribution in [0.25, 0.3) is 10.6 Å². The first-order valence-corrected chi connectivity index (χ1v) is 8.15. The molecule has 1 atom stereocenters. The summed E-state index contributed by atoms with van der Waals surface area (Å²) >= 11 is 1.50. The van der Waals surface area contributed by atoms with E-state index in [4.69, 9.17) is 4.52 Å². The minimum absolute atomic E-state index is 0.117. The number of amides is 1. The number of aromatic nitrogens is 1. The average Bonchev–Trinajstić information content (AvgIpc) is 3.16. The summed E-state index contributed by atoms with van der Waals surface area (Å²) in [4.78, 5) is 17.8. The van der Waals surface area contributed by atoms with Gasteiger partial charge in [0.05, 0.1) is 4.88 Å². The third-order valence-corrected chi connectivity index (χ3v) is 4.73. The van der Waals surface area contributed by atoms with Gasteiger partial charge in [0.15, 0.2) is 5.76 Å². The molecule has 7 heteroatoms. The summed E-state index contributed by atoms with van der Waals surface area (Å²) in [5, 5.41) is 15.9. The van der Waals surface area contributed by atoms with E-state index in [1.165, 1.54) is 11.3 Å². The van der Waals surface area contributed by atoms with E-state index < -0.39 is 6.10 Å². The molecule has 1 saturated heterocycles. The Morgan fingerprint density at radius 1 is 1.41 bits per heavy atom. The van der Waals surface area contributed by atoms with E-state index >= 15 is 0 Å². The van der Waals surface area contributed by atoms with E-state index in [2.05, 4.69) is 10.1 Å². The van der Waals surface area contributed by atoms with Gasteiger partial charge in [-0.05, 0) is 25.4 Å². The van der Waals surface area contributed by atoms with Crippen LogP contribution >= 0.6 is 11.3 Å². The number of aliphatic hydroxyl groups excluding tert-OH is 1. The molecule has 0 aromatic carbocycles. The second-order valence-electron chi connectivity index (χ2n) is 5.52. The Bertz CT molecular complexity index is 643. The molecule has 6 nitrogen and oxygen atoms in total. The van der Waals surface area contributed by atoms with Crippen molar-refractivity contribution in [1.29, 1.82) is 0 Å². The highest BCUT2D eigenvalue weighted by atomic mass is 32.1. The molecule has 22 heavy (non-hydrogen) atoms. The van der Waals surface area contributed by atoms with Crippen molar-refractivity contribution in [3.8, 4) is 10.6 Å². The molecular weight excluding hydrogens is 302 g/mol. The molecule has 2 aromatic rings. The zero-order valence-electron chi connectivity index (χ0n) is 12.7. The Kier molecular flexibility index (Phi) is 4.28. The predicted octanol–water partition coefficient (Wildman–Crippen LogP) is 1.84. The van der Waals surface area contributed by atoms with Crippen LogP contribution in [-0.4, -0.2) is 59.2 Å². The summed E-state index contributed by atoms with van der Waals surface area (Å²) in [6, 6.07) is 3.80. The van der Waals surface area contributed by atoms with Gasteiger partial charge >= 0.3 is 0 Å². The van der Waals surface area contributed by atoms with E-state index in [1.54, 1.807) is 11.8 Å². The number of carbonyl (C=O) groups is 1. The highest BCUT2D eigenvalue weighted by molar-refractivity contribution is 7.13. The van der Waals surface area contributed by atoms with Crippen LogP contribution in [0, 0.1) is 0 Å². The maximum absolute atomic E-state index is 12.9. The van der Waals surface area contributed by atoms with E-state index in [0.29, 0.717) is 24.3 Å². The maximum atomic E-state index is 12.9. The average molecular weight is 321 g/mol. The highest BCUT2D eigenvalue weighted by Gasteiger charge is 2.31. The largest absolute Gasteiger partial charge is 0.385 e. The monoisotopic (exact) mass is 321 g/mol. The molecule has 0 spiro atoms. The van der Waals surface area contributed by atoms with Crippen molar-refractivity contribution in [3.63, 3.8) is 0 Å². The molecule has 0 aliphatic carbocycles. The molecule has 1 fully saturated rings. The minimum Gasteiger partial charge on any atom is -0.385 e. The molecular formula is C15H19N3O3S. The third-order valence-electron chi connectivity index (χ3n) is 3.86. The van der Waals surface area contributed by atoms with Gasteiger partial charge in [-0.25, -0.2) is 0 Å². The predicted molar refractivity (Wildman–Crippen MR) is 83.9 cm³/mol. The molecule has 0 radical (unpaired) electrons. The van der Waals surface area contributed by atoms with Crippen molar-refractivity contribution in [3.05, 3.63) is 28.8 Å². The number of carbonyl (C=O) groups excluding carboxylic acids is 1. The summed E-state index contributed by atoms with van der Waals surface area (Å²) < 4.78 is 5.26. The van der Waals surface area contributed by atoms with Crippen LogP contribution < -0.4 is 0 Å². The van der Waals surface area contributed by atoms with Crippen molar-refractivity contribution in [2.24, 2.45) is 0 Å². The van der Waals surface area contributed by atoms with Gasteiger partial charge in [0.2, 0.25) is 0 Å². The van der Waals surface area contributed by atoms with Gasteiger partial charge in [-0.1, -0.05) is 11.2 Å². The summed E-state index contributed by atoms with van der Waals surface area (Å²) in [6.45, 7) is 4.61. The summed E-state index contributed by atoms with van der Waals surface area (Å²) in [7, 11) is 2.04. The van der Waals surface area contributed by atoms with Gasteiger partial charge in [-0.15, -0.1) is 11.3 Å². The number of likely N-dealkylation sites (N-methyl/N-ethyl adjacent to an activating group) is 1. The molecule has 1 aliphatic rings. The lowest BCUT2D eigenvalue weighted by Crippen LogP contribution is -2.47. The van der Waals surface area contributed by atoms with E-state index in [-0.39, 0.29) is 11.7 Å². The number of rotatable bonds is 3. The molecule has 0 unspecified atom stereocenters. The van der Waals surface area contributed by atoms with Gasteiger partial charge in [0, 0.05) is 26.2 Å². The Balaban J connectivity index is 1.97. The van der Waals surface area contributed by atoms with Crippen molar-refractivity contribution in [2.45, 2.75) is 13.0 Å². The number of hydrogen-bond donors (Lipinski definition) is 1. The lowest BCUT2D eigenvalue weighted by molar-refractivity contribution is 0.0654.